The summed E-state index contributed by atoms with van der Waals surface area (Å²) in [5, 5.41) is 15.6. The van der Waals surface area contributed by atoms with Gasteiger partial charge in [0.15, 0.2) is 6.10 Å². The van der Waals surface area contributed by atoms with Crippen LogP contribution in [0.5, 0.6) is 5.75 Å². The predicted molar refractivity (Wildman–Crippen MR) is 109 cm³/mol. The van der Waals surface area contributed by atoms with Gasteiger partial charge in [-0.3, -0.25) is 4.79 Å². The Balaban J connectivity index is 2.09. The summed E-state index contributed by atoms with van der Waals surface area (Å²) < 4.78 is 74.4. The number of rotatable bonds is 6. The van der Waals surface area contributed by atoms with Crippen LogP contribution in [0.15, 0.2) is 36.5 Å². The molecule has 0 unspecified atom stereocenters. The zero-order valence-corrected chi connectivity index (χ0v) is 17.8. The van der Waals surface area contributed by atoms with Crippen molar-refractivity contribution < 1.29 is 36.6 Å². The van der Waals surface area contributed by atoms with Crippen molar-refractivity contribution in [1.29, 1.82) is 0 Å². The minimum atomic E-state index is -4.77. The first-order valence-electron chi connectivity index (χ1n) is 9.72. The Hall–Kier alpha value is -3.47. The Morgan fingerprint density at radius 1 is 1.18 bits per heavy atom. The summed E-state index contributed by atoms with van der Waals surface area (Å²) in [6.07, 6.45) is -5.73. The summed E-state index contributed by atoms with van der Waals surface area (Å²) in [6, 6.07) is 5.61. The van der Waals surface area contributed by atoms with Gasteiger partial charge in [0, 0.05) is 12.3 Å². The van der Waals surface area contributed by atoms with E-state index in [2.05, 4.69) is 10.4 Å². The lowest BCUT2D eigenvalue weighted by molar-refractivity contribution is -0.189. The highest BCUT2D eigenvalue weighted by Crippen LogP contribution is 2.32. The number of ether oxygens (including phenoxy) is 1. The number of benzene rings is 2. The highest BCUT2D eigenvalue weighted by Gasteiger charge is 2.39. The van der Waals surface area contributed by atoms with Gasteiger partial charge in [-0.2, -0.15) is 18.3 Å². The van der Waals surface area contributed by atoms with E-state index in [-0.39, 0.29) is 17.1 Å². The van der Waals surface area contributed by atoms with E-state index in [9.17, 15) is 31.9 Å². The lowest BCUT2D eigenvalue weighted by Gasteiger charge is -2.21. The number of hydrogen-bond donors (Lipinski definition) is 2. The fraction of sp³-hybridized carbons (Fsp3) is 0.273. The van der Waals surface area contributed by atoms with Crippen LogP contribution in [0.3, 0.4) is 0 Å². The number of amides is 1. The maximum atomic E-state index is 14.9. The Morgan fingerprint density at radius 2 is 1.88 bits per heavy atom. The van der Waals surface area contributed by atoms with E-state index in [1.165, 1.54) is 25.3 Å². The van der Waals surface area contributed by atoms with Gasteiger partial charge < -0.3 is 15.2 Å². The number of nitrogens with one attached hydrogen (secondary N) is 1. The number of nitrogens with zero attached hydrogens (tertiary/aromatic N) is 2. The van der Waals surface area contributed by atoms with Gasteiger partial charge in [-0.15, -0.1) is 0 Å². The van der Waals surface area contributed by atoms with Crippen molar-refractivity contribution in [3.05, 3.63) is 70.5 Å². The number of carbonyl (C=O) groups is 1. The summed E-state index contributed by atoms with van der Waals surface area (Å²) in [5.74, 6) is -3.41. The maximum Gasteiger partial charge on any atom is 0.425 e. The molecule has 1 heterocycles. The van der Waals surface area contributed by atoms with Gasteiger partial charge in [-0.25, -0.2) is 13.5 Å². The molecule has 3 rings (SSSR count). The number of aliphatic hydroxyl groups excluding tert-OH is 1. The van der Waals surface area contributed by atoms with Crippen LogP contribution in [0.2, 0.25) is 0 Å². The number of anilines is 1. The molecule has 0 radical (unpaired) electrons. The molecular formula is C22H20F5N3O3. The normalized spacial score (nSPS) is 12.5. The Labute approximate surface area is 185 Å². The van der Waals surface area contributed by atoms with Crippen molar-refractivity contribution in [2.24, 2.45) is 0 Å². The Kier molecular flexibility index (Phi) is 6.73. The average Bonchev–Trinajstić information content (AvgIpc) is 3.11. The lowest BCUT2D eigenvalue weighted by atomic mass is 10.1. The molecule has 1 amide bonds. The first-order valence-corrected chi connectivity index (χ1v) is 9.72. The van der Waals surface area contributed by atoms with Crippen LogP contribution in [0.25, 0.3) is 5.69 Å². The van der Waals surface area contributed by atoms with Gasteiger partial charge in [0.2, 0.25) is 0 Å². The minimum Gasteiger partial charge on any atom is -0.480 e. The SMILES string of the molecule is Cc1cn(-c2cc(O[C@@H](C)C(F)(F)F)c(C(=O)Nc3c(C)cccc3F)cc2F)nc1CO. The summed E-state index contributed by atoms with van der Waals surface area (Å²) in [7, 11) is 0. The quantitative estimate of drug-likeness (QED) is 0.507. The number of para-hydroxylation sites is 1. The average molecular weight is 469 g/mol. The number of carbonyl (C=O) groups excluding carboxylic acids is 1. The molecule has 3 aromatic rings. The summed E-state index contributed by atoms with van der Waals surface area (Å²) >= 11 is 0. The second-order valence-corrected chi connectivity index (χ2v) is 7.35. The van der Waals surface area contributed by atoms with Crippen molar-refractivity contribution in [3.8, 4) is 11.4 Å². The van der Waals surface area contributed by atoms with Crippen molar-refractivity contribution in [2.45, 2.75) is 39.7 Å². The second kappa shape index (κ2) is 9.18. The highest BCUT2D eigenvalue weighted by molar-refractivity contribution is 6.06. The number of halogens is 5. The summed E-state index contributed by atoms with van der Waals surface area (Å²) in [4.78, 5) is 12.8. The van der Waals surface area contributed by atoms with Crippen molar-refractivity contribution in [3.63, 3.8) is 0 Å². The second-order valence-electron chi connectivity index (χ2n) is 7.35. The summed E-state index contributed by atoms with van der Waals surface area (Å²) in [5.41, 5.74) is 0.0338. The molecule has 2 N–H and O–H groups in total. The van der Waals surface area contributed by atoms with Crippen LogP contribution in [-0.2, 0) is 6.61 Å². The number of hydrogen-bond acceptors (Lipinski definition) is 4. The molecule has 33 heavy (non-hydrogen) atoms. The van der Waals surface area contributed by atoms with Crippen LogP contribution in [-0.4, -0.2) is 33.1 Å². The molecular weight excluding hydrogens is 449 g/mol. The highest BCUT2D eigenvalue weighted by atomic mass is 19.4. The van der Waals surface area contributed by atoms with Crippen molar-refractivity contribution >= 4 is 11.6 Å². The maximum absolute atomic E-state index is 14.9. The predicted octanol–water partition coefficient (Wildman–Crippen LogP) is 4.84. The Morgan fingerprint density at radius 3 is 2.45 bits per heavy atom. The molecule has 0 saturated carbocycles. The van der Waals surface area contributed by atoms with Gasteiger partial charge in [-0.1, -0.05) is 12.1 Å². The van der Waals surface area contributed by atoms with Gasteiger partial charge in [0.25, 0.3) is 5.91 Å². The molecule has 6 nitrogen and oxygen atoms in total. The molecule has 1 aromatic heterocycles. The van der Waals surface area contributed by atoms with Gasteiger partial charge >= 0.3 is 6.18 Å². The molecule has 0 aliphatic rings. The fourth-order valence-corrected chi connectivity index (χ4v) is 3.00. The van der Waals surface area contributed by atoms with E-state index < -0.39 is 47.7 Å². The van der Waals surface area contributed by atoms with E-state index in [0.29, 0.717) is 17.2 Å². The van der Waals surface area contributed by atoms with Gasteiger partial charge in [-0.05, 0) is 44.0 Å². The fourth-order valence-electron chi connectivity index (χ4n) is 3.00. The van der Waals surface area contributed by atoms with Crippen LogP contribution < -0.4 is 10.1 Å². The molecule has 2 aromatic carbocycles. The monoisotopic (exact) mass is 469 g/mol. The third-order valence-corrected chi connectivity index (χ3v) is 4.91. The number of aromatic nitrogens is 2. The van der Waals surface area contributed by atoms with E-state index in [0.717, 1.165) is 23.7 Å². The third kappa shape index (κ3) is 5.14. The van der Waals surface area contributed by atoms with Crippen LogP contribution in [0, 0.1) is 25.5 Å². The Bertz CT molecular complexity index is 1170. The topological polar surface area (TPSA) is 76.4 Å². The zero-order chi connectivity index (χ0) is 24.5. The molecule has 1 atom stereocenters. The molecule has 176 valence electrons. The van der Waals surface area contributed by atoms with Crippen molar-refractivity contribution in [2.75, 3.05) is 5.32 Å². The standard InChI is InChI=1S/C22H20F5N3O3/c1-11-5-4-6-15(23)20(11)28-21(32)14-7-16(24)18(30-9-12(2)17(10-31)29-30)8-19(14)33-13(3)22(25,26)27/h4-9,13,31H,10H2,1-3H3,(H,28,32)/t13-/m0/s1. The molecule has 0 saturated heterocycles. The van der Waals surface area contributed by atoms with E-state index in [1.807, 2.05) is 0 Å². The summed E-state index contributed by atoms with van der Waals surface area (Å²) in [6.45, 7) is 3.42. The molecule has 0 aliphatic carbocycles. The molecule has 0 bridgehead atoms. The molecule has 11 heteroatoms. The first-order chi connectivity index (χ1) is 15.4. The van der Waals surface area contributed by atoms with E-state index in [4.69, 9.17) is 4.74 Å². The molecule has 0 aliphatic heterocycles. The number of alkyl halides is 3. The largest absolute Gasteiger partial charge is 0.480 e. The van der Waals surface area contributed by atoms with Gasteiger partial charge in [0.05, 0.1) is 23.6 Å². The minimum absolute atomic E-state index is 0.197. The van der Waals surface area contributed by atoms with E-state index >= 15 is 0 Å². The molecule has 0 fully saturated rings. The van der Waals surface area contributed by atoms with E-state index in [1.54, 1.807) is 6.92 Å². The zero-order valence-electron chi connectivity index (χ0n) is 17.8. The number of aliphatic hydroxyl groups is 1. The van der Waals surface area contributed by atoms with Crippen LogP contribution in [0.4, 0.5) is 27.6 Å². The number of aryl methyl sites for hydroxylation is 2. The van der Waals surface area contributed by atoms with Crippen molar-refractivity contribution in [1.82, 2.24) is 9.78 Å². The first kappa shape index (κ1) is 24.2. The smallest absolute Gasteiger partial charge is 0.425 e. The van der Waals surface area contributed by atoms with Gasteiger partial charge in [0.1, 0.15) is 23.1 Å². The van der Waals surface area contributed by atoms with Crippen LogP contribution in [0.1, 0.15) is 34.1 Å². The third-order valence-electron chi connectivity index (χ3n) is 4.91. The lowest BCUT2D eigenvalue weighted by Crippen LogP contribution is -2.32. The van der Waals surface area contributed by atoms with Crippen LogP contribution >= 0.6 is 0 Å². The molecule has 0 spiro atoms.